The third-order valence-corrected chi connectivity index (χ3v) is 3.63. The highest BCUT2D eigenvalue weighted by Crippen LogP contribution is 2.25. The van der Waals surface area contributed by atoms with Crippen molar-refractivity contribution < 1.29 is 13.6 Å². The van der Waals surface area contributed by atoms with Gasteiger partial charge >= 0.3 is 0 Å². The van der Waals surface area contributed by atoms with E-state index >= 15 is 0 Å². The first kappa shape index (κ1) is 13.4. The molecule has 0 aliphatic rings. The van der Waals surface area contributed by atoms with E-state index in [1.54, 1.807) is 0 Å². The highest BCUT2D eigenvalue weighted by Gasteiger charge is 2.16. The fourth-order valence-electron chi connectivity index (χ4n) is 1.17. The topological polar surface area (TPSA) is 42.0 Å². The number of benzene rings is 1. The maximum Gasteiger partial charge on any atom is 0.260 e. The molecule has 1 N–H and O–H groups in total. The Kier molecular flexibility index (Phi) is 3.94. The Balaban J connectivity index is 2.26. The molecular weight excluding hydrogens is 350 g/mol. The van der Waals surface area contributed by atoms with Gasteiger partial charge in [0.1, 0.15) is 11.6 Å². The molecule has 8 heteroatoms. The molecular formula is C10H4BrClF2N2OS. The maximum absolute atomic E-state index is 13.5. The van der Waals surface area contributed by atoms with Crippen molar-refractivity contribution in [1.82, 2.24) is 4.98 Å². The molecule has 0 saturated heterocycles. The van der Waals surface area contributed by atoms with Gasteiger partial charge < -0.3 is 0 Å². The van der Waals surface area contributed by atoms with E-state index in [1.165, 1.54) is 6.20 Å². The first-order valence-electron chi connectivity index (χ1n) is 4.54. The molecule has 2 rings (SSSR count). The molecule has 1 aromatic carbocycles. The van der Waals surface area contributed by atoms with Gasteiger partial charge in [-0.1, -0.05) is 22.9 Å². The monoisotopic (exact) mass is 352 g/mol. The van der Waals surface area contributed by atoms with Crippen molar-refractivity contribution in [1.29, 1.82) is 0 Å². The number of thiazole rings is 1. The van der Waals surface area contributed by atoms with Gasteiger partial charge in [-0.05, 0) is 28.1 Å². The van der Waals surface area contributed by atoms with Crippen molar-refractivity contribution in [3.8, 4) is 0 Å². The molecule has 0 aliphatic carbocycles. The summed E-state index contributed by atoms with van der Waals surface area (Å²) in [5.41, 5.74) is -0.428. The third kappa shape index (κ3) is 2.85. The highest BCUT2D eigenvalue weighted by molar-refractivity contribution is 9.11. The molecule has 2 aromatic rings. The van der Waals surface area contributed by atoms with Crippen LogP contribution in [0.2, 0.25) is 5.02 Å². The number of hydrogen-bond acceptors (Lipinski definition) is 3. The molecule has 1 aromatic heterocycles. The van der Waals surface area contributed by atoms with E-state index in [9.17, 15) is 13.6 Å². The van der Waals surface area contributed by atoms with Crippen molar-refractivity contribution in [3.63, 3.8) is 0 Å². The number of carbonyl (C=O) groups excluding carboxylic acids is 1. The Labute approximate surface area is 118 Å². The molecule has 94 valence electrons. The van der Waals surface area contributed by atoms with Crippen LogP contribution in [0.1, 0.15) is 10.4 Å². The molecule has 0 saturated carbocycles. The van der Waals surface area contributed by atoms with Gasteiger partial charge in [-0.3, -0.25) is 10.1 Å². The molecule has 18 heavy (non-hydrogen) atoms. The Morgan fingerprint density at radius 3 is 2.72 bits per heavy atom. The fourth-order valence-corrected chi connectivity index (χ4v) is 2.43. The van der Waals surface area contributed by atoms with Crippen LogP contribution in [-0.2, 0) is 0 Å². The minimum atomic E-state index is -0.894. The molecule has 0 spiro atoms. The summed E-state index contributed by atoms with van der Waals surface area (Å²) in [5.74, 6) is -2.54. The van der Waals surface area contributed by atoms with Gasteiger partial charge in [0.15, 0.2) is 5.13 Å². The summed E-state index contributed by atoms with van der Waals surface area (Å²) in [6, 6.07) is 1.50. The maximum atomic E-state index is 13.5. The SMILES string of the molecule is O=C(Nc1ncc(Br)s1)c1cc(F)c(Cl)cc1F. The van der Waals surface area contributed by atoms with Crippen LogP contribution in [0, 0.1) is 11.6 Å². The van der Waals surface area contributed by atoms with Crippen molar-refractivity contribution in [2.24, 2.45) is 0 Å². The lowest BCUT2D eigenvalue weighted by molar-refractivity contribution is 0.102. The van der Waals surface area contributed by atoms with E-state index in [0.29, 0.717) is 3.79 Å². The summed E-state index contributed by atoms with van der Waals surface area (Å²) < 4.78 is 27.3. The van der Waals surface area contributed by atoms with Crippen LogP contribution in [0.25, 0.3) is 0 Å². The average molecular weight is 354 g/mol. The van der Waals surface area contributed by atoms with Crippen LogP contribution in [0.3, 0.4) is 0 Å². The number of anilines is 1. The number of amides is 1. The Morgan fingerprint density at radius 2 is 2.11 bits per heavy atom. The van der Waals surface area contributed by atoms with Gasteiger partial charge in [0.05, 0.1) is 20.6 Å². The molecule has 0 unspecified atom stereocenters. The summed E-state index contributed by atoms with van der Waals surface area (Å²) in [6.07, 6.45) is 1.49. The summed E-state index contributed by atoms with van der Waals surface area (Å²) in [5, 5.41) is 2.26. The number of rotatable bonds is 2. The van der Waals surface area contributed by atoms with E-state index in [2.05, 4.69) is 26.2 Å². The van der Waals surface area contributed by atoms with E-state index in [4.69, 9.17) is 11.6 Å². The van der Waals surface area contributed by atoms with Gasteiger partial charge in [0.2, 0.25) is 0 Å². The van der Waals surface area contributed by atoms with Crippen LogP contribution in [-0.4, -0.2) is 10.9 Å². The van der Waals surface area contributed by atoms with E-state index < -0.39 is 23.1 Å². The molecule has 0 bridgehead atoms. The Hall–Kier alpha value is -1.05. The molecule has 0 radical (unpaired) electrons. The predicted octanol–water partition coefficient (Wildman–Crippen LogP) is 4.09. The molecule has 0 atom stereocenters. The zero-order chi connectivity index (χ0) is 13.3. The van der Waals surface area contributed by atoms with Crippen LogP contribution in [0.5, 0.6) is 0 Å². The summed E-state index contributed by atoms with van der Waals surface area (Å²) >= 11 is 9.71. The van der Waals surface area contributed by atoms with Crippen molar-refractivity contribution in [2.75, 3.05) is 5.32 Å². The van der Waals surface area contributed by atoms with Crippen LogP contribution >= 0.6 is 38.9 Å². The molecule has 0 fully saturated rings. The number of carbonyl (C=O) groups is 1. The Morgan fingerprint density at radius 1 is 1.39 bits per heavy atom. The minimum Gasteiger partial charge on any atom is -0.298 e. The molecule has 1 heterocycles. The lowest BCUT2D eigenvalue weighted by atomic mass is 10.2. The second-order valence-corrected chi connectivity index (χ2v) is 5.99. The normalized spacial score (nSPS) is 10.4. The predicted molar refractivity (Wildman–Crippen MR) is 69.1 cm³/mol. The van der Waals surface area contributed by atoms with Gasteiger partial charge in [-0.15, -0.1) is 0 Å². The second kappa shape index (κ2) is 5.29. The quantitative estimate of drug-likeness (QED) is 0.826. The standard InChI is InChI=1S/C10H4BrClF2N2OS/c11-8-3-15-10(18-8)16-9(17)4-1-7(14)5(12)2-6(4)13/h1-3H,(H,15,16,17). The second-order valence-electron chi connectivity index (χ2n) is 3.17. The first-order valence-corrected chi connectivity index (χ1v) is 6.53. The number of halogens is 4. The lowest BCUT2D eigenvalue weighted by Crippen LogP contribution is -2.14. The lowest BCUT2D eigenvalue weighted by Gasteiger charge is -2.04. The summed E-state index contributed by atoms with van der Waals surface area (Å²) in [4.78, 5) is 15.5. The number of nitrogens with zero attached hydrogens (tertiary/aromatic N) is 1. The number of hydrogen-bond donors (Lipinski definition) is 1. The van der Waals surface area contributed by atoms with Gasteiger partial charge in [-0.25, -0.2) is 13.8 Å². The molecule has 1 amide bonds. The molecule has 0 aliphatic heterocycles. The van der Waals surface area contributed by atoms with Crippen LogP contribution < -0.4 is 5.32 Å². The fraction of sp³-hybridized carbons (Fsp3) is 0. The number of aromatic nitrogens is 1. The van der Waals surface area contributed by atoms with Crippen LogP contribution in [0.15, 0.2) is 22.1 Å². The molecule has 3 nitrogen and oxygen atoms in total. The minimum absolute atomic E-state index is 0.279. The summed E-state index contributed by atoms with van der Waals surface area (Å²) in [7, 11) is 0. The highest BCUT2D eigenvalue weighted by atomic mass is 79.9. The zero-order valence-corrected chi connectivity index (χ0v) is 11.7. The smallest absolute Gasteiger partial charge is 0.260 e. The van der Waals surface area contributed by atoms with Crippen molar-refractivity contribution in [3.05, 3.63) is 44.3 Å². The Bertz CT molecular complexity index is 620. The third-order valence-electron chi connectivity index (χ3n) is 1.95. The summed E-state index contributed by atoms with van der Waals surface area (Å²) in [6.45, 7) is 0. The van der Waals surface area contributed by atoms with E-state index in [0.717, 1.165) is 23.5 Å². The zero-order valence-electron chi connectivity index (χ0n) is 8.51. The first-order chi connectivity index (χ1) is 8.47. The number of nitrogens with one attached hydrogen (secondary N) is 1. The largest absolute Gasteiger partial charge is 0.298 e. The van der Waals surface area contributed by atoms with Crippen LogP contribution in [0.4, 0.5) is 13.9 Å². The van der Waals surface area contributed by atoms with E-state index in [-0.39, 0.29) is 10.2 Å². The van der Waals surface area contributed by atoms with E-state index in [1.807, 2.05) is 0 Å². The van der Waals surface area contributed by atoms with Gasteiger partial charge in [0, 0.05) is 0 Å². The average Bonchev–Trinajstić information content (AvgIpc) is 2.69. The van der Waals surface area contributed by atoms with Crippen molar-refractivity contribution >= 4 is 49.9 Å². The van der Waals surface area contributed by atoms with Gasteiger partial charge in [0.25, 0.3) is 5.91 Å². The van der Waals surface area contributed by atoms with Gasteiger partial charge in [-0.2, -0.15) is 0 Å². The van der Waals surface area contributed by atoms with Crippen molar-refractivity contribution in [2.45, 2.75) is 0 Å².